The van der Waals surface area contributed by atoms with Crippen LogP contribution in [0.4, 0.5) is 5.13 Å². The van der Waals surface area contributed by atoms with E-state index in [-0.39, 0.29) is 12.3 Å². The molecule has 0 unspecified atom stereocenters. The first-order valence-corrected chi connectivity index (χ1v) is 7.21. The van der Waals surface area contributed by atoms with Crippen molar-refractivity contribution in [2.75, 3.05) is 44.9 Å². The maximum Gasteiger partial charge on any atom is 0.362 e. The lowest BCUT2D eigenvalue weighted by Crippen LogP contribution is -2.36. The number of carbonyl (C=O) groups excluding carboxylic acids is 1. The van der Waals surface area contributed by atoms with Crippen molar-refractivity contribution in [1.82, 2.24) is 4.98 Å². The molecule has 0 atom stereocenters. The Morgan fingerprint density at radius 3 is 2.95 bits per heavy atom. The number of rotatable bonds is 5. The summed E-state index contributed by atoms with van der Waals surface area (Å²) in [6.07, 6.45) is 0. The standard InChI is InChI=1S/C12H17N3O4S/c1-3-19-11(16)10(14-17-2)9-8-20-12(13-9)15-4-6-18-7-5-15/h8H,3-7H2,1-2H3. The van der Waals surface area contributed by atoms with Gasteiger partial charge in [0.15, 0.2) is 5.13 Å². The monoisotopic (exact) mass is 299 g/mol. The first-order chi connectivity index (χ1) is 9.76. The van der Waals surface area contributed by atoms with Crippen LogP contribution in [0.5, 0.6) is 0 Å². The molecule has 2 heterocycles. The fourth-order valence-corrected chi connectivity index (χ4v) is 2.62. The van der Waals surface area contributed by atoms with Gasteiger partial charge in [-0.05, 0) is 6.92 Å². The quantitative estimate of drug-likeness (QED) is 0.457. The van der Waals surface area contributed by atoms with E-state index in [1.165, 1.54) is 18.4 Å². The summed E-state index contributed by atoms with van der Waals surface area (Å²) in [5, 5.41) is 6.34. The van der Waals surface area contributed by atoms with Crippen molar-refractivity contribution in [2.24, 2.45) is 5.16 Å². The van der Waals surface area contributed by atoms with Gasteiger partial charge >= 0.3 is 5.97 Å². The maximum atomic E-state index is 11.8. The van der Waals surface area contributed by atoms with E-state index in [9.17, 15) is 4.79 Å². The zero-order chi connectivity index (χ0) is 14.4. The van der Waals surface area contributed by atoms with Crippen LogP contribution in [0.2, 0.25) is 0 Å². The summed E-state index contributed by atoms with van der Waals surface area (Å²) in [6.45, 7) is 4.98. The normalized spacial score (nSPS) is 16.1. The highest BCUT2D eigenvalue weighted by molar-refractivity contribution is 7.14. The van der Waals surface area contributed by atoms with E-state index >= 15 is 0 Å². The van der Waals surface area contributed by atoms with Gasteiger partial charge < -0.3 is 19.2 Å². The third-order valence-electron chi connectivity index (χ3n) is 2.67. The molecule has 1 aliphatic rings. The van der Waals surface area contributed by atoms with Crippen LogP contribution < -0.4 is 4.90 Å². The summed E-state index contributed by atoms with van der Waals surface area (Å²) in [6, 6.07) is 0. The third-order valence-corrected chi connectivity index (χ3v) is 3.57. The number of nitrogens with zero attached hydrogens (tertiary/aromatic N) is 3. The second kappa shape index (κ2) is 7.20. The van der Waals surface area contributed by atoms with Crippen molar-refractivity contribution >= 4 is 28.1 Å². The van der Waals surface area contributed by atoms with Gasteiger partial charge in [-0.25, -0.2) is 9.78 Å². The number of carbonyl (C=O) groups is 1. The van der Waals surface area contributed by atoms with Crippen LogP contribution in [0.1, 0.15) is 12.6 Å². The van der Waals surface area contributed by atoms with Crippen LogP contribution in [-0.2, 0) is 19.1 Å². The number of oxime groups is 1. The number of hydrogen-bond donors (Lipinski definition) is 0. The molecule has 1 aromatic heterocycles. The molecule has 0 aromatic carbocycles. The van der Waals surface area contributed by atoms with Gasteiger partial charge in [-0.2, -0.15) is 0 Å². The molecule has 8 heteroatoms. The third kappa shape index (κ3) is 3.45. The Morgan fingerprint density at radius 2 is 2.30 bits per heavy atom. The molecule has 0 radical (unpaired) electrons. The molecule has 0 spiro atoms. The highest BCUT2D eigenvalue weighted by Gasteiger charge is 2.22. The van der Waals surface area contributed by atoms with Crippen LogP contribution >= 0.6 is 11.3 Å². The van der Waals surface area contributed by atoms with Gasteiger partial charge in [0.05, 0.1) is 19.8 Å². The van der Waals surface area contributed by atoms with E-state index in [1.807, 2.05) is 0 Å². The van der Waals surface area contributed by atoms with E-state index in [4.69, 9.17) is 14.3 Å². The van der Waals surface area contributed by atoms with Crippen molar-refractivity contribution in [3.8, 4) is 0 Å². The zero-order valence-electron chi connectivity index (χ0n) is 11.5. The number of morpholine rings is 1. The van der Waals surface area contributed by atoms with Crippen LogP contribution in [-0.4, -0.2) is 56.7 Å². The molecule has 0 aliphatic carbocycles. The van der Waals surface area contributed by atoms with Crippen LogP contribution in [0, 0.1) is 0 Å². The van der Waals surface area contributed by atoms with Crippen molar-refractivity contribution in [3.05, 3.63) is 11.1 Å². The Labute approximate surface area is 121 Å². The molecule has 0 saturated carbocycles. The Balaban J connectivity index is 2.16. The number of anilines is 1. The molecule has 1 saturated heterocycles. The molecule has 1 aliphatic heterocycles. The Kier molecular flexibility index (Phi) is 5.31. The summed E-state index contributed by atoms with van der Waals surface area (Å²) in [7, 11) is 1.38. The van der Waals surface area contributed by atoms with Gasteiger partial charge in [-0.1, -0.05) is 5.16 Å². The predicted octanol–water partition coefficient (Wildman–Crippen LogP) is 0.893. The first-order valence-electron chi connectivity index (χ1n) is 6.33. The summed E-state index contributed by atoms with van der Waals surface area (Å²) in [5.74, 6) is -0.534. The fraction of sp³-hybridized carbons (Fsp3) is 0.583. The minimum atomic E-state index is -0.534. The van der Waals surface area contributed by atoms with Gasteiger partial charge in [0, 0.05) is 18.5 Å². The van der Waals surface area contributed by atoms with Crippen molar-refractivity contribution in [1.29, 1.82) is 0 Å². The Hall–Kier alpha value is -1.67. The summed E-state index contributed by atoms with van der Waals surface area (Å²) >= 11 is 1.46. The number of thiazole rings is 1. The number of aromatic nitrogens is 1. The lowest BCUT2D eigenvalue weighted by atomic mass is 10.3. The molecule has 20 heavy (non-hydrogen) atoms. The van der Waals surface area contributed by atoms with Crippen LogP contribution in [0.25, 0.3) is 0 Å². The smallest absolute Gasteiger partial charge is 0.362 e. The summed E-state index contributed by atoms with van der Waals surface area (Å²) < 4.78 is 10.2. The largest absolute Gasteiger partial charge is 0.461 e. The van der Waals surface area contributed by atoms with Gasteiger partial charge in [0.25, 0.3) is 0 Å². The number of esters is 1. The molecule has 0 amide bonds. The summed E-state index contributed by atoms with van der Waals surface area (Å²) in [4.78, 5) is 23.1. The average Bonchev–Trinajstić information content (AvgIpc) is 2.95. The highest BCUT2D eigenvalue weighted by Crippen LogP contribution is 2.22. The lowest BCUT2D eigenvalue weighted by molar-refractivity contribution is -0.135. The topological polar surface area (TPSA) is 73.2 Å². The molecule has 0 bridgehead atoms. The van der Waals surface area contributed by atoms with Gasteiger partial charge in [0.2, 0.25) is 5.71 Å². The second-order valence-electron chi connectivity index (χ2n) is 3.96. The maximum absolute atomic E-state index is 11.8. The van der Waals surface area contributed by atoms with Gasteiger partial charge in [0.1, 0.15) is 12.8 Å². The molecule has 110 valence electrons. The highest BCUT2D eigenvalue weighted by atomic mass is 32.1. The van der Waals surface area contributed by atoms with Gasteiger partial charge in [-0.15, -0.1) is 11.3 Å². The molecule has 1 fully saturated rings. The average molecular weight is 299 g/mol. The minimum absolute atomic E-state index is 0.0881. The number of hydrogen-bond acceptors (Lipinski definition) is 8. The molecule has 0 N–H and O–H groups in total. The van der Waals surface area contributed by atoms with E-state index in [1.54, 1.807) is 12.3 Å². The zero-order valence-corrected chi connectivity index (χ0v) is 12.3. The summed E-state index contributed by atoms with van der Waals surface area (Å²) in [5.41, 5.74) is 0.557. The Bertz CT molecular complexity index is 483. The number of ether oxygens (including phenoxy) is 2. The van der Waals surface area contributed by atoms with Crippen LogP contribution in [0.3, 0.4) is 0 Å². The molecule has 7 nitrogen and oxygen atoms in total. The first kappa shape index (κ1) is 14.7. The van der Waals surface area contributed by atoms with E-state index < -0.39 is 5.97 Å². The molecular weight excluding hydrogens is 282 g/mol. The lowest BCUT2D eigenvalue weighted by Gasteiger charge is -2.25. The van der Waals surface area contributed by atoms with Crippen molar-refractivity contribution in [2.45, 2.75) is 6.92 Å². The molecular formula is C12H17N3O4S. The van der Waals surface area contributed by atoms with Crippen molar-refractivity contribution in [3.63, 3.8) is 0 Å². The van der Waals surface area contributed by atoms with Crippen LogP contribution in [0.15, 0.2) is 10.5 Å². The van der Waals surface area contributed by atoms with E-state index in [0.717, 1.165) is 18.2 Å². The van der Waals surface area contributed by atoms with E-state index in [2.05, 4.69) is 15.0 Å². The van der Waals surface area contributed by atoms with E-state index in [0.29, 0.717) is 18.9 Å². The Morgan fingerprint density at radius 1 is 1.55 bits per heavy atom. The molecule has 2 rings (SSSR count). The predicted molar refractivity (Wildman–Crippen MR) is 75.3 cm³/mol. The minimum Gasteiger partial charge on any atom is -0.461 e. The SMILES string of the molecule is CCOC(=O)C(=NOC)c1csc(N2CCOCC2)n1. The second-order valence-corrected chi connectivity index (χ2v) is 4.79. The van der Waals surface area contributed by atoms with Crippen molar-refractivity contribution < 1.29 is 19.1 Å². The van der Waals surface area contributed by atoms with Gasteiger partial charge in [-0.3, -0.25) is 0 Å². The molecule has 1 aromatic rings. The fourth-order valence-electron chi connectivity index (χ4n) is 1.75.